The summed E-state index contributed by atoms with van der Waals surface area (Å²) >= 11 is 0. The summed E-state index contributed by atoms with van der Waals surface area (Å²) in [6.45, 7) is 8.78. The van der Waals surface area contributed by atoms with Gasteiger partial charge in [0, 0.05) is 12.4 Å². The summed E-state index contributed by atoms with van der Waals surface area (Å²) in [6.07, 6.45) is 3.91. The molecule has 0 amide bonds. The van der Waals surface area contributed by atoms with Crippen molar-refractivity contribution in [2.45, 2.75) is 39.5 Å². The zero-order valence-electron chi connectivity index (χ0n) is 8.33. The molecule has 0 aliphatic carbocycles. The highest BCUT2D eigenvalue weighted by atomic mass is 14.6. The molecule has 0 atom stereocenters. The van der Waals surface area contributed by atoms with Gasteiger partial charge in [0.2, 0.25) is 0 Å². The molecular weight excluding hydrogens is 146 g/mol. The van der Waals surface area contributed by atoms with Gasteiger partial charge < -0.3 is 0 Å². The molecule has 0 spiro atoms. The Labute approximate surface area is 74.8 Å². The van der Waals surface area contributed by atoms with Crippen LogP contribution in [0.1, 0.15) is 50.7 Å². The molecule has 1 aromatic heterocycles. The lowest BCUT2D eigenvalue weighted by Gasteiger charge is -2.09. The molecule has 0 fully saturated rings. The first-order valence-electron chi connectivity index (χ1n) is 4.56. The summed E-state index contributed by atoms with van der Waals surface area (Å²) in [5.74, 6) is 1.16. The summed E-state index contributed by atoms with van der Waals surface area (Å²) in [6, 6.07) is 2.25. The van der Waals surface area contributed by atoms with Gasteiger partial charge in [-0.05, 0) is 23.0 Å². The average molecular weight is 163 g/mol. The van der Waals surface area contributed by atoms with E-state index in [1.54, 1.807) is 0 Å². The Morgan fingerprint density at radius 3 is 1.67 bits per heavy atom. The van der Waals surface area contributed by atoms with Crippen molar-refractivity contribution in [1.82, 2.24) is 4.98 Å². The van der Waals surface area contributed by atoms with Crippen LogP contribution in [-0.4, -0.2) is 4.98 Å². The van der Waals surface area contributed by atoms with E-state index in [2.05, 4.69) is 38.7 Å². The molecule has 0 saturated carbocycles. The first kappa shape index (κ1) is 9.24. The number of pyridine rings is 1. The smallest absolute Gasteiger partial charge is 0.0302 e. The monoisotopic (exact) mass is 163 g/mol. The van der Waals surface area contributed by atoms with Gasteiger partial charge in [0.05, 0.1) is 0 Å². The van der Waals surface area contributed by atoms with E-state index < -0.39 is 0 Å². The van der Waals surface area contributed by atoms with Gasteiger partial charge in [0.25, 0.3) is 0 Å². The van der Waals surface area contributed by atoms with Crippen LogP contribution in [-0.2, 0) is 0 Å². The maximum atomic E-state index is 4.23. The molecule has 0 aliphatic heterocycles. The van der Waals surface area contributed by atoms with Crippen LogP contribution in [0.25, 0.3) is 0 Å². The molecule has 0 saturated heterocycles. The maximum Gasteiger partial charge on any atom is 0.0302 e. The normalized spacial score (nSPS) is 11.2. The SMILES string of the molecule is CC(C)c1cncc(C(C)C)c1. The van der Waals surface area contributed by atoms with Gasteiger partial charge in [-0.3, -0.25) is 4.98 Å². The second-order valence-electron chi connectivity index (χ2n) is 3.86. The van der Waals surface area contributed by atoms with Crippen LogP contribution < -0.4 is 0 Å². The first-order valence-corrected chi connectivity index (χ1v) is 4.56. The highest BCUT2D eigenvalue weighted by Crippen LogP contribution is 2.18. The summed E-state index contributed by atoms with van der Waals surface area (Å²) in [7, 11) is 0. The standard InChI is InChI=1S/C11H17N/c1-8(2)10-5-11(9(3)4)7-12-6-10/h5-9H,1-4H3. The van der Waals surface area contributed by atoms with Crippen LogP contribution in [0.15, 0.2) is 18.5 Å². The fraction of sp³-hybridized carbons (Fsp3) is 0.545. The third-order valence-corrected chi connectivity index (χ3v) is 2.11. The molecule has 0 aliphatic rings. The maximum absolute atomic E-state index is 4.23. The highest BCUT2D eigenvalue weighted by molar-refractivity contribution is 5.22. The number of nitrogens with zero attached hydrogens (tertiary/aromatic N) is 1. The minimum Gasteiger partial charge on any atom is -0.264 e. The van der Waals surface area contributed by atoms with E-state index in [-0.39, 0.29) is 0 Å². The van der Waals surface area contributed by atoms with E-state index in [9.17, 15) is 0 Å². The highest BCUT2D eigenvalue weighted by Gasteiger charge is 2.03. The largest absolute Gasteiger partial charge is 0.264 e. The van der Waals surface area contributed by atoms with Gasteiger partial charge in [-0.2, -0.15) is 0 Å². The van der Waals surface area contributed by atoms with Crippen LogP contribution in [0.2, 0.25) is 0 Å². The van der Waals surface area contributed by atoms with E-state index >= 15 is 0 Å². The third-order valence-electron chi connectivity index (χ3n) is 2.11. The second-order valence-corrected chi connectivity index (χ2v) is 3.86. The van der Waals surface area contributed by atoms with Crippen molar-refractivity contribution in [3.05, 3.63) is 29.6 Å². The number of hydrogen-bond donors (Lipinski definition) is 0. The van der Waals surface area contributed by atoms with Crippen LogP contribution in [0.5, 0.6) is 0 Å². The van der Waals surface area contributed by atoms with Gasteiger partial charge in [-0.1, -0.05) is 33.8 Å². The van der Waals surface area contributed by atoms with Crippen molar-refractivity contribution in [2.24, 2.45) is 0 Å². The molecule has 1 rings (SSSR count). The first-order chi connectivity index (χ1) is 5.61. The lowest BCUT2D eigenvalue weighted by Crippen LogP contribution is -1.94. The molecule has 0 aromatic carbocycles. The van der Waals surface area contributed by atoms with Crippen LogP contribution in [0, 0.1) is 0 Å². The Bertz CT molecular complexity index is 228. The summed E-state index contributed by atoms with van der Waals surface area (Å²) in [5, 5.41) is 0. The lowest BCUT2D eigenvalue weighted by atomic mass is 9.99. The average Bonchev–Trinajstić information content (AvgIpc) is 2.04. The fourth-order valence-corrected chi connectivity index (χ4v) is 1.11. The lowest BCUT2D eigenvalue weighted by molar-refractivity contribution is 0.820. The quantitative estimate of drug-likeness (QED) is 0.651. The molecule has 0 unspecified atom stereocenters. The van der Waals surface area contributed by atoms with Crippen molar-refractivity contribution in [2.75, 3.05) is 0 Å². The van der Waals surface area contributed by atoms with E-state index in [0.29, 0.717) is 11.8 Å². The Morgan fingerprint density at radius 2 is 1.33 bits per heavy atom. The number of rotatable bonds is 2. The molecule has 1 aromatic rings. The predicted octanol–water partition coefficient (Wildman–Crippen LogP) is 3.33. The zero-order chi connectivity index (χ0) is 9.14. The van der Waals surface area contributed by atoms with E-state index in [1.807, 2.05) is 12.4 Å². The minimum atomic E-state index is 0.580. The van der Waals surface area contributed by atoms with E-state index in [1.165, 1.54) is 11.1 Å². The van der Waals surface area contributed by atoms with Gasteiger partial charge in [0.1, 0.15) is 0 Å². The zero-order valence-corrected chi connectivity index (χ0v) is 8.33. The summed E-state index contributed by atoms with van der Waals surface area (Å²) < 4.78 is 0. The van der Waals surface area contributed by atoms with Crippen LogP contribution in [0.3, 0.4) is 0 Å². The fourth-order valence-electron chi connectivity index (χ4n) is 1.11. The van der Waals surface area contributed by atoms with Crippen molar-refractivity contribution in [3.63, 3.8) is 0 Å². The van der Waals surface area contributed by atoms with E-state index in [4.69, 9.17) is 0 Å². The van der Waals surface area contributed by atoms with Crippen molar-refractivity contribution < 1.29 is 0 Å². The molecule has 1 heteroatoms. The van der Waals surface area contributed by atoms with Crippen LogP contribution in [0.4, 0.5) is 0 Å². The van der Waals surface area contributed by atoms with Crippen molar-refractivity contribution in [1.29, 1.82) is 0 Å². The van der Waals surface area contributed by atoms with Gasteiger partial charge >= 0.3 is 0 Å². The molecule has 1 heterocycles. The number of aromatic nitrogens is 1. The van der Waals surface area contributed by atoms with Gasteiger partial charge in [-0.15, -0.1) is 0 Å². The minimum absolute atomic E-state index is 0.580. The Morgan fingerprint density at radius 1 is 0.917 bits per heavy atom. The van der Waals surface area contributed by atoms with Crippen molar-refractivity contribution >= 4 is 0 Å². The third kappa shape index (κ3) is 2.07. The molecule has 66 valence electrons. The Hall–Kier alpha value is -0.850. The predicted molar refractivity (Wildman–Crippen MR) is 52.4 cm³/mol. The topological polar surface area (TPSA) is 12.9 Å². The molecule has 0 radical (unpaired) electrons. The number of hydrogen-bond acceptors (Lipinski definition) is 1. The van der Waals surface area contributed by atoms with Crippen molar-refractivity contribution in [3.8, 4) is 0 Å². The Balaban J connectivity index is 2.96. The molecule has 0 bridgehead atoms. The summed E-state index contributed by atoms with van der Waals surface area (Å²) in [5.41, 5.74) is 2.67. The molecular formula is C11H17N. The molecule has 1 nitrogen and oxygen atoms in total. The molecule has 0 N–H and O–H groups in total. The Kier molecular flexibility index (Phi) is 2.85. The van der Waals surface area contributed by atoms with Gasteiger partial charge in [0.15, 0.2) is 0 Å². The summed E-state index contributed by atoms with van der Waals surface area (Å²) in [4.78, 5) is 4.23. The van der Waals surface area contributed by atoms with Crippen LogP contribution >= 0.6 is 0 Å². The van der Waals surface area contributed by atoms with Gasteiger partial charge in [-0.25, -0.2) is 0 Å². The van der Waals surface area contributed by atoms with E-state index in [0.717, 1.165) is 0 Å². The molecule has 12 heavy (non-hydrogen) atoms. The second kappa shape index (κ2) is 3.70.